The highest BCUT2D eigenvalue weighted by atomic mass is 79.9. The molecule has 1 rings (SSSR count). The molecule has 0 aliphatic heterocycles. The maximum absolute atomic E-state index is 3.57. The fourth-order valence-electron chi connectivity index (χ4n) is 1.09. The van der Waals surface area contributed by atoms with Gasteiger partial charge in [-0.3, -0.25) is 0 Å². The van der Waals surface area contributed by atoms with E-state index in [2.05, 4.69) is 72.9 Å². The van der Waals surface area contributed by atoms with Crippen LogP contribution in [0.25, 0.3) is 0 Å². The molecule has 0 aliphatic carbocycles. The quantitative estimate of drug-likeness (QED) is 0.668. The lowest BCUT2D eigenvalue weighted by molar-refractivity contribution is 1.08. The molecule has 1 aromatic rings. The number of halogens is 3. The van der Waals surface area contributed by atoms with E-state index in [9.17, 15) is 0 Å². The SMILES string of the molecule is CC(Br)c1cccc(Br)c1CBr. The predicted octanol–water partition coefficient (Wildman–Crippen LogP) is 4.80. The fourth-order valence-corrected chi connectivity index (χ4v) is 3.04. The summed E-state index contributed by atoms with van der Waals surface area (Å²) in [5.41, 5.74) is 2.66. The smallest absolute Gasteiger partial charge is 0.0370 e. The second-order valence-electron chi connectivity index (χ2n) is 2.56. The molecule has 0 saturated carbocycles. The topological polar surface area (TPSA) is 0 Å². The summed E-state index contributed by atoms with van der Waals surface area (Å²) in [5.74, 6) is 0. The molecule has 3 heteroatoms. The van der Waals surface area contributed by atoms with E-state index >= 15 is 0 Å². The molecular formula is C9H9Br3. The van der Waals surface area contributed by atoms with Crippen LogP contribution in [-0.4, -0.2) is 0 Å². The Morgan fingerprint density at radius 2 is 2.08 bits per heavy atom. The average molecular weight is 357 g/mol. The Morgan fingerprint density at radius 1 is 1.42 bits per heavy atom. The van der Waals surface area contributed by atoms with Gasteiger partial charge in [-0.15, -0.1) is 0 Å². The Labute approximate surface area is 98.1 Å². The minimum Gasteiger partial charge on any atom is -0.0876 e. The number of benzene rings is 1. The van der Waals surface area contributed by atoms with Gasteiger partial charge in [-0.2, -0.15) is 0 Å². The third-order valence-corrected chi connectivity index (χ3v) is 3.51. The molecule has 0 spiro atoms. The molecule has 1 atom stereocenters. The van der Waals surface area contributed by atoms with Crippen LogP contribution in [0, 0.1) is 0 Å². The maximum Gasteiger partial charge on any atom is 0.0370 e. The molecule has 0 heterocycles. The molecule has 0 amide bonds. The molecule has 1 aromatic carbocycles. The van der Waals surface area contributed by atoms with E-state index in [0.717, 1.165) is 5.33 Å². The molecule has 0 nitrogen and oxygen atoms in total. The molecule has 1 unspecified atom stereocenters. The summed E-state index contributed by atoms with van der Waals surface area (Å²) in [7, 11) is 0. The van der Waals surface area contributed by atoms with Gasteiger partial charge in [-0.25, -0.2) is 0 Å². The molecule has 0 saturated heterocycles. The first-order valence-corrected chi connectivity index (χ1v) is 6.47. The van der Waals surface area contributed by atoms with Crippen molar-refractivity contribution in [2.75, 3.05) is 0 Å². The van der Waals surface area contributed by atoms with Crippen molar-refractivity contribution in [1.29, 1.82) is 0 Å². The summed E-state index contributed by atoms with van der Waals surface area (Å²) in [6.07, 6.45) is 0. The van der Waals surface area contributed by atoms with Gasteiger partial charge >= 0.3 is 0 Å². The van der Waals surface area contributed by atoms with E-state index in [1.165, 1.54) is 15.6 Å². The third-order valence-electron chi connectivity index (χ3n) is 1.72. The highest BCUT2D eigenvalue weighted by Crippen LogP contribution is 2.31. The molecule has 0 radical (unpaired) electrons. The van der Waals surface area contributed by atoms with E-state index in [-0.39, 0.29) is 0 Å². The van der Waals surface area contributed by atoms with Crippen LogP contribution < -0.4 is 0 Å². The number of alkyl halides is 2. The standard InChI is InChI=1S/C9H9Br3/c1-6(11)7-3-2-4-9(12)8(7)5-10/h2-4,6H,5H2,1H3. The van der Waals surface area contributed by atoms with E-state index in [4.69, 9.17) is 0 Å². The Bertz CT molecular complexity index is 268. The first-order valence-electron chi connectivity index (χ1n) is 3.64. The second kappa shape index (κ2) is 4.77. The van der Waals surface area contributed by atoms with Crippen LogP contribution in [0.4, 0.5) is 0 Å². The van der Waals surface area contributed by atoms with Crippen molar-refractivity contribution < 1.29 is 0 Å². The van der Waals surface area contributed by atoms with Crippen molar-refractivity contribution in [3.05, 3.63) is 33.8 Å². The van der Waals surface area contributed by atoms with Gasteiger partial charge in [0, 0.05) is 14.6 Å². The van der Waals surface area contributed by atoms with Crippen molar-refractivity contribution in [3.63, 3.8) is 0 Å². The van der Waals surface area contributed by atoms with Crippen molar-refractivity contribution in [2.24, 2.45) is 0 Å². The predicted molar refractivity (Wildman–Crippen MR) is 64.1 cm³/mol. The Morgan fingerprint density at radius 3 is 2.50 bits per heavy atom. The Hall–Kier alpha value is 0.660. The summed E-state index contributed by atoms with van der Waals surface area (Å²) in [6.45, 7) is 2.13. The van der Waals surface area contributed by atoms with Crippen molar-refractivity contribution in [3.8, 4) is 0 Å². The Balaban J connectivity index is 3.18. The largest absolute Gasteiger partial charge is 0.0876 e. The van der Waals surface area contributed by atoms with E-state index < -0.39 is 0 Å². The lowest BCUT2D eigenvalue weighted by atomic mass is 10.1. The molecule has 0 fully saturated rings. The van der Waals surface area contributed by atoms with Crippen molar-refractivity contribution in [1.82, 2.24) is 0 Å². The number of rotatable bonds is 2. The van der Waals surface area contributed by atoms with Crippen LogP contribution in [0.5, 0.6) is 0 Å². The summed E-state index contributed by atoms with van der Waals surface area (Å²) < 4.78 is 1.17. The highest BCUT2D eigenvalue weighted by molar-refractivity contribution is 9.11. The van der Waals surface area contributed by atoms with Crippen molar-refractivity contribution in [2.45, 2.75) is 17.1 Å². The van der Waals surface area contributed by atoms with Gasteiger partial charge in [0.2, 0.25) is 0 Å². The first-order chi connectivity index (χ1) is 5.66. The zero-order valence-corrected chi connectivity index (χ0v) is 11.4. The second-order valence-corrected chi connectivity index (χ2v) is 5.35. The van der Waals surface area contributed by atoms with Crippen LogP contribution in [-0.2, 0) is 5.33 Å². The lowest BCUT2D eigenvalue weighted by Crippen LogP contribution is -1.92. The third kappa shape index (κ3) is 2.33. The lowest BCUT2D eigenvalue weighted by Gasteiger charge is -2.10. The van der Waals surface area contributed by atoms with Gasteiger partial charge in [0.15, 0.2) is 0 Å². The van der Waals surface area contributed by atoms with Crippen molar-refractivity contribution >= 4 is 47.8 Å². The van der Waals surface area contributed by atoms with Gasteiger partial charge in [-0.1, -0.05) is 59.9 Å². The van der Waals surface area contributed by atoms with Crippen LogP contribution in [0.1, 0.15) is 22.9 Å². The molecule has 0 aromatic heterocycles. The van der Waals surface area contributed by atoms with Crippen LogP contribution >= 0.6 is 47.8 Å². The van der Waals surface area contributed by atoms with Gasteiger partial charge in [0.25, 0.3) is 0 Å². The maximum atomic E-state index is 3.57. The molecule has 12 heavy (non-hydrogen) atoms. The molecule has 66 valence electrons. The van der Waals surface area contributed by atoms with E-state index in [0.29, 0.717) is 4.83 Å². The van der Waals surface area contributed by atoms with E-state index in [1.807, 2.05) is 0 Å². The van der Waals surface area contributed by atoms with Crippen LogP contribution in [0.15, 0.2) is 22.7 Å². The highest BCUT2D eigenvalue weighted by Gasteiger charge is 2.08. The number of hydrogen-bond donors (Lipinski definition) is 0. The van der Waals surface area contributed by atoms with E-state index in [1.54, 1.807) is 0 Å². The van der Waals surface area contributed by atoms with Gasteiger partial charge < -0.3 is 0 Å². The fraction of sp³-hybridized carbons (Fsp3) is 0.333. The average Bonchev–Trinajstić information content (AvgIpc) is 2.03. The molecule has 0 N–H and O–H groups in total. The monoisotopic (exact) mass is 354 g/mol. The zero-order chi connectivity index (χ0) is 9.14. The van der Waals surface area contributed by atoms with Gasteiger partial charge in [0.1, 0.15) is 0 Å². The molecule has 0 bridgehead atoms. The molecular weight excluding hydrogens is 348 g/mol. The Kier molecular flexibility index (Phi) is 4.27. The van der Waals surface area contributed by atoms with Crippen LogP contribution in [0.2, 0.25) is 0 Å². The molecule has 0 aliphatic rings. The minimum absolute atomic E-state index is 0.405. The summed E-state index contributed by atoms with van der Waals surface area (Å²) >= 11 is 10.6. The zero-order valence-electron chi connectivity index (χ0n) is 6.65. The first kappa shape index (κ1) is 10.7. The van der Waals surface area contributed by atoms with Gasteiger partial charge in [-0.05, 0) is 24.1 Å². The normalized spacial score (nSPS) is 13.0. The van der Waals surface area contributed by atoms with Crippen LogP contribution in [0.3, 0.4) is 0 Å². The summed E-state index contributed by atoms with van der Waals surface area (Å²) in [4.78, 5) is 0.405. The summed E-state index contributed by atoms with van der Waals surface area (Å²) in [5, 5.41) is 0.889. The summed E-state index contributed by atoms with van der Waals surface area (Å²) in [6, 6.07) is 6.26. The van der Waals surface area contributed by atoms with Gasteiger partial charge in [0.05, 0.1) is 0 Å². The minimum atomic E-state index is 0.405. The number of hydrogen-bond acceptors (Lipinski definition) is 0.